The molecule has 86 valence electrons. The molecule has 0 saturated heterocycles. The molecule has 0 N–H and O–H groups in total. The Kier molecular flexibility index (Phi) is 5.94. The van der Waals surface area contributed by atoms with Crippen molar-refractivity contribution in [2.45, 2.75) is 52.6 Å². The van der Waals surface area contributed by atoms with Crippen molar-refractivity contribution in [2.75, 3.05) is 20.2 Å². The smallest absolute Gasteiger partial charge is 0.276 e. The molecular formula is C11H27NOSi. The molecule has 0 amide bonds. The van der Waals surface area contributed by atoms with E-state index in [1.165, 1.54) is 0 Å². The van der Waals surface area contributed by atoms with Gasteiger partial charge in [-0.25, -0.2) is 0 Å². The Bertz CT molecular complexity index is 147. The third kappa shape index (κ3) is 2.38. The summed E-state index contributed by atoms with van der Waals surface area (Å²) in [6.45, 7) is 15.9. The fraction of sp³-hybridized carbons (Fsp3) is 1.00. The highest BCUT2D eigenvalue weighted by molar-refractivity contribution is 6.73. The molecule has 14 heavy (non-hydrogen) atoms. The van der Waals surface area contributed by atoms with E-state index < -0.39 is 8.48 Å². The van der Waals surface area contributed by atoms with Crippen LogP contribution < -0.4 is 0 Å². The van der Waals surface area contributed by atoms with Crippen LogP contribution in [-0.2, 0) is 4.43 Å². The molecule has 0 aromatic heterocycles. The van der Waals surface area contributed by atoms with Crippen LogP contribution in [0.2, 0.25) is 11.1 Å². The molecule has 0 radical (unpaired) electrons. The zero-order valence-corrected chi connectivity index (χ0v) is 11.9. The van der Waals surface area contributed by atoms with Crippen LogP contribution in [0.4, 0.5) is 0 Å². The van der Waals surface area contributed by atoms with Crippen LogP contribution in [0.25, 0.3) is 0 Å². The Labute approximate surface area is 90.8 Å². The van der Waals surface area contributed by atoms with Gasteiger partial charge in [-0.3, -0.25) is 0 Å². The highest BCUT2D eigenvalue weighted by atomic mass is 28.4. The summed E-state index contributed by atoms with van der Waals surface area (Å²) in [5, 5.41) is 0. The number of hydrogen-bond acceptors (Lipinski definition) is 2. The van der Waals surface area contributed by atoms with E-state index in [1.807, 2.05) is 7.11 Å². The summed E-state index contributed by atoms with van der Waals surface area (Å²) in [6, 6.07) is 0. The zero-order valence-electron chi connectivity index (χ0n) is 10.9. The van der Waals surface area contributed by atoms with Gasteiger partial charge in [0.05, 0.1) is 0 Å². The Hall–Kier alpha value is 0.137. The third-order valence-electron chi connectivity index (χ3n) is 3.24. The predicted octanol–water partition coefficient (Wildman–Crippen LogP) is 3.24. The van der Waals surface area contributed by atoms with Gasteiger partial charge >= 0.3 is 0 Å². The van der Waals surface area contributed by atoms with Crippen LogP contribution in [0.5, 0.6) is 0 Å². The summed E-state index contributed by atoms with van der Waals surface area (Å²) in [4.78, 5) is 0. The molecule has 2 nitrogen and oxygen atoms in total. The van der Waals surface area contributed by atoms with Crippen LogP contribution in [0.3, 0.4) is 0 Å². The van der Waals surface area contributed by atoms with Gasteiger partial charge in [0.15, 0.2) is 0 Å². The van der Waals surface area contributed by atoms with Gasteiger partial charge in [-0.05, 0) is 24.2 Å². The lowest BCUT2D eigenvalue weighted by Gasteiger charge is -2.45. The van der Waals surface area contributed by atoms with Gasteiger partial charge in [0.25, 0.3) is 8.48 Å². The van der Waals surface area contributed by atoms with Crippen molar-refractivity contribution >= 4 is 8.48 Å². The van der Waals surface area contributed by atoms with E-state index in [9.17, 15) is 0 Å². The van der Waals surface area contributed by atoms with Gasteiger partial charge in [-0.1, -0.05) is 41.5 Å². The van der Waals surface area contributed by atoms with Gasteiger partial charge < -0.3 is 8.99 Å². The summed E-state index contributed by atoms with van der Waals surface area (Å²) in [6.07, 6.45) is 0. The standard InChI is InChI=1S/C11H27NOSi/c1-8-12(9-2)14(13-7,10(3)4)11(5)6/h10-11H,8-9H2,1-7H3. The van der Waals surface area contributed by atoms with Crippen molar-refractivity contribution in [3.63, 3.8) is 0 Å². The van der Waals surface area contributed by atoms with Crippen molar-refractivity contribution in [3.05, 3.63) is 0 Å². The van der Waals surface area contributed by atoms with E-state index in [0.717, 1.165) is 13.1 Å². The lowest BCUT2D eigenvalue weighted by atomic mass is 10.5. The van der Waals surface area contributed by atoms with Gasteiger partial charge in [-0.15, -0.1) is 0 Å². The van der Waals surface area contributed by atoms with Gasteiger partial charge in [-0.2, -0.15) is 0 Å². The molecule has 0 spiro atoms. The van der Waals surface area contributed by atoms with Crippen LogP contribution >= 0.6 is 0 Å². The maximum absolute atomic E-state index is 5.97. The number of rotatable bonds is 6. The molecular weight excluding hydrogens is 190 g/mol. The van der Waals surface area contributed by atoms with E-state index in [2.05, 4.69) is 46.1 Å². The number of hydrogen-bond donors (Lipinski definition) is 0. The van der Waals surface area contributed by atoms with Crippen molar-refractivity contribution in [1.29, 1.82) is 0 Å². The maximum atomic E-state index is 5.97. The quantitative estimate of drug-likeness (QED) is 0.633. The van der Waals surface area contributed by atoms with Gasteiger partial charge in [0.1, 0.15) is 0 Å². The second kappa shape index (κ2) is 5.88. The van der Waals surface area contributed by atoms with Crippen molar-refractivity contribution < 1.29 is 4.43 Å². The molecule has 0 atom stereocenters. The highest BCUT2D eigenvalue weighted by Gasteiger charge is 2.45. The van der Waals surface area contributed by atoms with Crippen LogP contribution in [0.15, 0.2) is 0 Å². The summed E-state index contributed by atoms with van der Waals surface area (Å²) in [5.74, 6) is 0. The van der Waals surface area contributed by atoms with Crippen molar-refractivity contribution in [1.82, 2.24) is 4.57 Å². The SMILES string of the molecule is CCN(CC)[Si](OC)(C(C)C)C(C)C. The number of nitrogens with zero attached hydrogens (tertiary/aromatic N) is 1. The van der Waals surface area contributed by atoms with Crippen molar-refractivity contribution in [3.8, 4) is 0 Å². The lowest BCUT2D eigenvalue weighted by molar-refractivity contribution is 0.274. The van der Waals surface area contributed by atoms with E-state index in [-0.39, 0.29) is 0 Å². The zero-order chi connectivity index (χ0) is 11.4. The highest BCUT2D eigenvalue weighted by Crippen LogP contribution is 2.35. The van der Waals surface area contributed by atoms with E-state index in [4.69, 9.17) is 4.43 Å². The minimum Gasteiger partial charge on any atom is -0.406 e. The minimum absolute atomic E-state index is 0.646. The largest absolute Gasteiger partial charge is 0.406 e. The van der Waals surface area contributed by atoms with Crippen molar-refractivity contribution in [2.24, 2.45) is 0 Å². The second-order valence-corrected chi connectivity index (χ2v) is 9.29. The average Bonchev–Trinajstić information content (AvgIpc) is 2.12. The molecule has 0 unspecified atom stereocenters. The van der Waals surface area contributed by atoms with Crippen LogP contribution in [-0.4, -0.2) is 33.2 Å². The molecule has 0 bridgehead atoms. The van der Waals surface area contributed by atoms with Gasteiger partial charge in [0, 0.05) is 7.11 Å². The van der Waals surface area contributed by atoms with E-state index in [1.54, 1.807) is 0 Å². The van der Waals surface area contributed by atoms with E-state index in [0.29, 0.717) is 11.1 Å². The first-order valence-corrected chi connectivity index (χ1v) is 7.78. The molecule has 0 aliphatic rings. The Morgan fingerprint density at radius 2 is 1.36 bits per heavy atom. The molecule has 0 aliphatic heterocycles. The fourth-order valence-corrected chi connectivity index (χ4v) is 7.70. The second-order valence-electron chi connectivity index (χ2n) is 4.44. The summed E-state index contributed by atoms with van der Waals surface area (Å²) in [5.41, 5.74) is 1.29. The lowest BCUT2D eigenvalue weighted by Crippen LogP contribution is -2.59. The average molecular weight is 217 g/mol. The monoisotopic (exact) mass is 217 g/mol. The minimum atomic E-state index is -1.72. The van der Waals surface area contributed by atoms with Gasteiger partial charge in [0.2, 0.25) is 0 Å². The molecule has 0 aromatic carbocycles. The normalized spacial score (nSPS) is 13.3. The molecule has 0 saturated carbocycles. The summed E-state index contributed by atoms with van der Waals surface area (Å²) < 4.78 is 8.53. The first-order chi connectivity index (χ1) is 6.47. The molecule has 0 aromatic rings. The Balaban J connectivity index is 5.00. The third-order valence-corrected chi connectivity index (χ3v) is 8.82. The summed E-state index contributed by atoms with van der Waals surface area (Å²) >= 11 is 0. The molecule has 3 heteroatoms. The van der Waals surface area contributed by atoms with E-state index >= 15 is 0 Å². The fourth-order valence-electron chi connectivity index (χ4n) is 2.72. The molecule has 0 aliphatic carbocycles. The summed E-state index contributed by atoms with van der Waals surface area (Å²) in [7, 11) is 0.173. The van der Waals surface area contributed by atoms with Crippen LogP contribution in [0.1, 0.15) is 41.5 Å². The first-order valence-electron chi connectivity index (χ1n) is 5.77. The Morgan fingerprint density at radius 3 is 1.43 bits per heavy atom. The molecule has 0 rings (SSSR count). The Morgan fingerprint density at radius 1 is 1.00 bits per heavy atom. The molecule has 0 fully saturated rings. The maximum Gasteiger partial charge on any atom is 0.276 e. The topological polar surface area (TPSA) is 12.5 Å². The first kappa shape index (κ1) is 14.1. The predicted molar refractivity (Wildman–Crippen MR) is 65.9 cm³/mol. The van der Waals surface area contributed by atoms with Crippen LogP contribution in [0, 0.1) is 0 Å². The molecule has 0 heterocycles.